The van der Waals surface area contributed by atoms with Crippen LogP contribution in [0.15, 0.2) is 79.3 Å². The molecule has 2 aliphatic rings. The first-order valence-electron chi connectivity index (χ1n) is 15.2. The van der Waals surface area contributed by atoms with Crippen LogP contribution in [-0.4, -0.2) is 78.0 Å². The summed E-state index contributed by atoms with van der Waals surface area (Å²) in [5, 5.41) is 21.8. The van der Waals surface area contributed by atoms with E-state index in [2.05, 4.69) is 40.5 Å². The third kappa shape index (κ3) is 11.8. The van der Waals surface area contributed by atoms with Crippen LogP contribution in [0.4, 0.5) is 17.5 Å². The molecule has 2 aromatic carbocycles. The van der Waals surface area contributed by atoms with Crippen LogP contribution in [0.2, 0.25) is 0 Å². The molecule has 0 saturated heterocycles. The molecule has 2 amide bonds. The maximum atomic E-state index is 11.2. The third-order valence-electron chi connectivity index (χ3n) is 6.15. The largest absolute Gasteiger partial charge is 0.503 e. The number of aldehydes is 1. The molecule has 0 saturated carbocycles. The first-order valence-corrected chi connectivity index (χ1v) is 15.2. The van der Waals surface area contributed by atoms with Crippen LogP contribution in [0.5, 0.6) is 17.2 Å². The molecule has 0 radical (unpaired) electrons. The number of aliphatic hydroxyl groups excluding tert-OH is 1. The first kappa shape index (κ1) is 36.8. The van der Waals surface area contributed by atoms with Gasteiger partial charge in [-0.05, 0) is 30.2 Å². The Balaban J connectivity index is 0.000000168. The van der Waals surface area contributed by atoms with Crippen LogP contribution < -0.4 is 25.8 Å². The van der Waals surface area contributed by atoms with Crippen molar-refractivity contribution in [1.82, 2.24) is 29.9 Å². The topological polar surface area (TPSA) is 238 Å². The van der Waals surface area contributed by atoms with Crippen LogP contribution in [0.3, 0.4) is 0 Å². The average molecular weight is 692 g/mol. The lowest BCUT2D eigenvalue weighted by atomic mass is 10.2. The maximum Gasteiger partial charge on any atom is 0.263 e. The monoisotopic (exact) mass is 691 g/mol. The van der Waals surface area contributed by atoms with Gasteiger partial charge in [0.2, 0.25) is 0 Å². The summed E-state index contributed by atoms with van der Waals surface area (Å²) in [6.45, 7) is 1.90. The molecular weight excluding hydrogens is 658 g/mol. The molecule has 2 aliphatic heterocycles. The number of rotatable bonds is 5. The quantitative estimate of drug-likeness (QED) is 0.166. The van der Waals surface area contributed by atoms with E-state index in [0.717, 1.165) is 11.1 Å². The van der Waals surface area contributed by atoms with Crippen molar-refractivity contribution < 1.29 is 34.1 Å². The summed E-state index contributed by atoms with van der Waals surface area (Å²) < 4.78 is 10.2. The van der Waals surface area contributed by atoms with E-state index >= 15 is 0 Å². The van der Waals surface area contributed by atoms with E-state index in [9.17, 15) is 14.4 Å². The Bertz CT molecular complexity index is 1990. The summed E-state index contributed by atoms with van der Waals surface area (Å²) in [7, 11) is 0. The number of benzene rings is 2. The molecule has 0 aliphatic carbocycles. The standard InChI is InChI=1S/C14H11N3O2.C12H11N3O.C7H5N3O3.C2H6O/c18-13-9-19-11-8-15-12(16-14(11)17-13)7-6-10-4-2-1-3-5-10;13-12-10(16)8-14-11(15-12)7-6-9-4-2-1-3-5-9;11-2-5-8-1-4-7(9-5)10-6(12)3-13-4;1-2-3/h1-8H,9H2,(H,15,16,17,18);1-8,16H,(H2,13,14,15);1-2H,3H2,(H,8,9,10,12);3H,2H2,1H3/b2*7-6+;;. The number of nitrogens with one attached hydrogen (secondary N) is 2. The summed E-state index contributed by atoms with van der Waals surface area (Å²) in [5.74, 6) is 2.04. The van der Waals surface area contributed by atoms with Crippen LogP contribution in [0.25, 0.3) is 24.3 Å². The minimum atomic E-state index is -0.289. The molecule has 16 heteroatoms. The SMILES string of the molecule is CCO.Nc1nc(/C=C/c2ccccc2)ncc1O.O=C1COc2cnc(/C=C/c3ccccc3)nc2N1.O=Cc1ncc2c(n1)NC(=O)CO2. The Morgan fingerprint density at radius 1 is 0.706 bits per heavy atom. The molecular formula is C35H33N9O7. The molecule has 0 spiro atoms. The molecule has 0 fully saturated rings. The van der Waals surface area contributed by atoms with Gasteiger partial charge in [-0.1, -0.05) is 72.8 Å². The number of nitrogens with two attached hydrogens (primary N) is 1. The number of aromatic hydroxyl groups is 1. The van der Waals surface area contributed by atoms with Crippen molar-refractivity contribution in [2.45, 2.75) is 6.92 Å². The predicted octanol–water partition coefficient (Wildman–Crippen LogP) is 3.53. The van der Waals surface area contributed by atoms with Crippen molar-refractivity contribution >= 4 is 59.9 Å². The van der Waals surface area contributed by atoms with Gasteiger partial charge >= 0.3 is 0 Å². The van der Waals surface area contributed by atoms with Crippen molar-refractivity contribution in [2.75, 3.05) is 36.2 Å². The third-order valence-corrected chi connectivity index (χ3v) is 6.15. The molecule has 260 valence electrons. The number of nitrogens with zero attached hydrogens (tertiary/aromatic N) is 6. The Kier molecular flexibility index (Phi) is 13.7. The molecule has 0 unspecified atom stereocenters. The predicted molar refractivity (Wildman–Crippen MR) is 189 cm³/mol. The van der Waals surface area contributed by atoms with Crippen molar-refractivity contribution in [3.63, 3.8) is 0 Å². The number of anilines is 3. The summed E-state index contributed by atoms with van der Waals surface area (Å²) >= 11 is 0. The lowest BCUT2D eigenvalue weighted by Gasteiger charge is -2.15. The zero-order chi connectivity index (χ0) is 36.4. The Hall–Kier alpha value is -7.07. The van der Waals surface area contributed by atoms with E-state index < -0.39 is 0 Å². The van der Waals surface area contributed by atoms with Crippen molar-refractivity contribution in [1.29, 1.82) is 0 Å². The van der Waals surface area contributed by atoms with Gasteiger partial charge in [0, 0.05) is 6.61 Å². The molecule has 6 N–H and O–H groups in total. The summed E-state index contributed by atoms with van der Waals surface area (Å²) in [6.07, 6.45) is 12.0. The van der Waals surface area contributed by atoms with E-state index in [1.807, 2.05) is 72.8 Å². The highest BCUT2D eigenvalue weighted by molar-refractivity contribution is 5.95. The molecule has 51 heavy (non-hydrogen) atoms. The Morgan fingerprint density at radius 3 is 1.61 bits per heavy atom. The van der Waals surface area contributed by atoms with Gasteiger partial charge in [-0.2, -0.15) is 0 Å². The number of aromatic nitrogens is 6. The highest BCUT2D eigenvalue weighted by atomic mass is 16.5. The Morgan fingerprint density at radius 2 is 1.14 bits per heavy atom. The number of hydrogen-bond donors (Lipinski definition) is 5. The molecule has 5 aromatic rings. The highest BCUT2D eigenvalue weighted by Crippen LogP contribution is 2.25. The van der Waals surface area contributed by atoms with E-state index in [-0.39, 0.29) is 54.8 Å². The average Bonchev–Trinajstić information content (AvgIpc) is 3.15. The van der Waals surface area contributed by atoms with E-state index in [1.165, 1.54) is 12.4 Å². The van der Waals surface area contributed by atoms with Gasteiger partial charge in [0.1, 0.15) is 0 Å². The van der Waals surface area contributed by atoms with Gasteiger partial charge in [0.05, 0.1) is 18.6 Å². The van der Waals surface area contributed by atoms with Gasteiger partial charge in [-0.3, -0.25) is 14.4 Å². The zero-order valence-corrected chi connectivity index (χ0v) is 27.2. The van der Waals surface area contributed by atoms with E-state index in [4.69, 9.17) is 25.4 Å². The van der Waals surface area contributed by atoms with Crippen molar-refractivity contribution in [2.24, 2.45) is 0 Å². The molecule has 5 heterocycles. The summed E-state index contributed by atoms with van der Waals surface area (Å²) in [5.41, 5.74) is 7.57. The number of hydrogen-bond acceptors (Lipinski definition) is 14. The second-order valence-corrected chi connectivity index (χ2v) is 9.98. The number of amides is 2. The lowest BCUT2D eigenvalue weighted by Crippen LogP contribution is -2.26. The van der Waals surface area contributed by atoms with Gasteiger partial charge in [-0.15, -0.1) is 0 Å². The highest BCUT2D eigenvalue weighted by Gasteiger charge is 2.18. The summed E-state index contributed by atoms with van der Waals surface area (Å²) in [4.78, 5) is 56.0. The second-order valence-electron chi connectivity index (χ2n) is 9.98. The lowest BCUT2D eigenvalue weighted by molar-refractivity contribution is -0.119. The van der Waals surface area contributed by atoms with Crippen LogP contribution in [-0.2, 0) is 9.59 Å². The number of carbonyl (C=O) groups is 3. The smallest absolute Gasteiger partial charge is 0.263 e. The minimum Gasteiger partial charge on any atom is -0.503 e. The summed E-state index contributed by atoms with van der Waals surface area (Å²) in [6, 6.07) is 19.6. The van der Waals surface area contributed by atoms with Gasteiger partial charge in [0.25, 0.3) is 11.8 Å². The van der Waals surface area contributed by atoms with E-state index in [0.29, 0.717) is 35.3 Å². The molecule has 3 aromatic heterocycles. The van der Waals surface area contributed by atoms with Crippen LogP contribution >= 0.6 is 0 Å². The molecule has 0 bridgehead atoms. The molecule has 16 nitrogen and oxygen atoms in total. The number of carbonyl (C=O) groups excluding carboxylic acids is 3. The fourth-order valence-corrected chi connectivity index (χ4v) is 3.87. The van der Waals surface area contributed by atoms with Crippen molar-refractivity contribution in [3.05, 3.63) is 108 Å². The molecule has 0 atom stereocenters. The number of nitrogen functional groups attached to an aromatic ring is 1. The van der Waals surface area contributed by atoms with Gasteiger partial charge in [0.15, 0.2) is 71.7 Å². The molecule has 7 rings (SSSR count). The van der Waals surface area contributed by atoms with Crippen molar-refractivity contribution in [3.8, 4) is 17.2 Å². The Labute approximate surface area is 291 Å². The second kappa shape index (κ2) is 19.1. The van der Waals surface area contributed by atoms with Crippen LogP contribution in [0, 0.1) is 0 Å². The maximum absolute atomic E-state index is 11.2. The zero-order valence-electron chi connectivity index (χ0n) is 27.2. The minimum absolute atomic E-state index is 0.00949. The van der Waals surface area contributed by atoms with E-state index in [1.54, 1.807) is 25.3 Å². The number of ether oxygens (including phenoxy) is 2. The fourth-order valence-electron chi connectivity index (χ4n) is 3.87. The number of fused-ring (bicyclic) bond motifs is 2. The van der Waals surface area contributed by atoms with Gasteiger partial charge < -0.3 is 36.1 Å². The van der Waals surface area contributed by atoms with Gasteiger partial charge in [-0.25, -0.2) is 29.9 Å². The van der Waals surface area contributed by atoms with Crippen LogP contribution in [0.1, 0.15) is 40.3 Å². The number of aliphatic hydroxyl groups is 1. The first-order chi connectivity index (χ1) is 24.8. The normalized spacial score (nSPS) is 12.4. The fraction of sp³-hybridized carbons (Fsp3) is 0.114.